The van der Waals surface area contributed by atoms with Crippen molar-refractivity contribution in [2.24, 2.45) is 7.05 Å². The number of aryl methyl sites for hydroxylation is 1. The number of tetrazole rings is 1. The summed E-state index contributed by atoms with van der Waals surface area (Å²) in [5, 5.41) is 14.3. The Morgan fingerprint density at radius 2 is 2.24 bits per heavy atom. The van der Waals surface area contributed by atoms with Gasteiger partial charge in [-0.1, -0.05) is 44.2 Å². The summed E-state index contributed by atoms with van der Waals surface area (Å²) in [7, 11) is 1.60. The Hall–Kier alpha value is -1.38. The second kappa shape index (κ2) is 7.06. The number of hydrogen-bond acceptors (Lipinski definition) is 5. The van der Waals surface area contributed by atoms with Crippen molar-refractivity contribution in [3.05, 3.63) is 27.7 Å². The molecule has 0 bridgehead atoms. The van der Waals surface area contributed by atoms with Crippen molar-refractivity contribution >= 4 is 51.0 Å². The van der Waals surface area contributed by atoms with Crippen LogP contribution in [-0.2, 0) is 7.05 Å². The van der Waals surface area contributed by atoms with Crippen LogP contribution in [0, 0.1) is 0 Å². The maximum absolute atomic E-state index is 12.2. The number of aromatic nitrogens is 4. The van der Waals surface area contributed by atoms with Gasteiger partial charge in [-0.05, 0) is 22.6 Å². The minimum absolute atomic E-state index is 0.135. The number of halogens is 3. The molecule has 0 aliphatic carbocycles. The second-order valence-electron chi connectivity index (χ2n) is 3.86. The molecule has 0 atom stereocenters. The number of ether oxygens (including phenoxy) is 1. The van der Waals surface area contributed by atoms with Crippen LogP contribution in [0.1, 0.15) is 10.4 Å². The Balaban J connectivity index is 2.27. The van der Waals surface area contributed by atoms with E-state index in [-0.39, 0.29) is 22.3 Å². The van der Waals surface area contributed by atoms with Gasteiger partial charge in [-0.2, -0.15) is 0 Å². The Morgan fingerprint density at radius 1 is 1.48 bits per heavy atom. The van der Waals surface area contributed by atoms with E-state index in [2.05, 4.69) is 36.8 Å². The molecule has 0 spiro atoms. The standard InChI is InChI=1S/C11H10BrCl2N5O2/c1-19-11(16-17-18-19)15-10(20)6-2-3-7(13)9(8(6)14)21-5-4-12/h2-3H,4-5H2,1H3,(H,15,16,18,20). The van der Waals surface area contributed by atoms with Crippen molar-refractivity contribution in [1.82, 2.24) is 20.2 Å². The molecule has 0 saturated heterocycles. The lowest BCUT2D eigenvalue weighted by Gasteiger charge is -2.12. The number of alkyl halides is 1. The summed E-state index contributed by atoms with van der Waals surface area (Å²) in [5.41, 5.74) is 0.216. The van der Waals surface area contributed by atoms with E-state index in [0.29, 0.717) is 17.0 Å². The SMILES string of the molecule is Cn1nnnc1NC(=O)c1ccc(Cl)c(OCCBr)c1Cl. The highest BCUT2D eigenvalue weighted by atomic mass is 79.9. The fraction of sp³-hybridized carbons (Fsp3) is 0.273. The largest absolute Gasteiger partial charge is 0.490 e. The predicted octanol–water partition coefficient (Wildman–Crippen LogP) is 2.54. The average Bonchev–Trinajstić information content (AvgIpc) is 2.84. The molecular formula is C11H10BrCl2N5O2. The number of amides is 1. The molecule has 0 unspecified atom stereocenters. The topological polar surface area (TPSA) is 81.9 Å². The molecule has 1 aromatic heterocycles. The summed E-state index contributed by atoms with van der Waals surface area (Å²) in [6, 6.07) is 3.05. The lowest BCUT2D eigenvalue weighted by Crippen LogP contribution is -2.16. The van der Waals surface area contributed by atoms with Gasteiger partial charge in [0.1, 0.15) is 0 Å². The van der Waals surface area contributed by atoms with Crippen LogP contribution in [0.2, 0.25) is 10.0 Å². The molecular weight excluding hydrogens is 385 g/mol. The van der Waals surface area contributed by atoms with Crippen LogP contribution in [0.5, 0.6) is 5.75 Å². The van der Waals surface area contributed by atoms with E-state index in [1.807, 2.05) is 0 Å². The summed E-state index contributed by atoms with van der Waals surface area (Å²) in [6.07, 6.45) is 0. The molecule has 7 nitrogen and oxygen atoms in total. The normalized spacial score (nSPS) is 10.5. The Morgan fingerprint density at radius 3 is 2.86 bits per heavy atom. The third-order valence-electron chi connectivity index (χ3n) is 2.46. The van der Waals surface area contributed by atoms with Crippen molar-refractivity contribution in [1.29, 1.82) is 0 Å². The van der Waals surface area contributed by atoms with Gasteiger partial charge in [0.25, 0.3) is 5.91 Å². The van der Waals surface area contributed by atoms with E-state index >= 15 is 0 Å². The summed E-state index contributed by atoms with van der Waals surface area (Å²) in [4.78, 5) is 12.2. The van der Waals surface area contributed by atoms with Gasteiger partial charge in [0.2, 0.25) is 5.95 Å². The first-order chi connectivity index (χ1) is 10.0. The first-order valence-electron chi connectivity index (χ1n) is 5.75. The maximum Gasteiger partial charge on any atom is 0.259 e. The van der Waals surface area contributed by atoms with E-state index in [9.17, 15) is 4.79 Å². The van der Waals surface area contributed by atoms with Crippen LogP contribution in [0.4, 0.5) is 5.95 Å². The molecule has 2 aromatic rings. The number of carbonyl (C=O) groups excluding carboxylic acids is 1. The van der Waals surface area contributed by atoms with Crippen molar-refractivity contribution in [3.63, 3.8) is 0 Å². The first-order valence-corrected chi connectivity index (χ1v) is 7.62. The van der Waals surface area contributed by atoms with Crippen molar-refractivity contribution < 1.29 is 9.53 Å². The van der Waals surface area contributed by atoms with Crippen LogP contribution in [0.15, 0.2) is 12.1 Å². The van der Waals surface area contributed by atoms with E-state index in [1.165, 1.54) is 10.7 Å². The van der Waals surface area contributed by atoms with Gasteiger partial charge in [0, 0.05) is 12.4 Å². The predicted molar refractivity (Wildman–Crippen MR) is 82.5 cm³/mol. The smallest absolute Gasteiger partial charge is 0.259 e. The molecule has 0 aliphatic heterocycles. The number of hydrogen-bond donors (Lipinski definition) is 1. The van der Waals surface area contributed by atoms with Gasteiger partial charge in [0.15, 0.2) is 5.75 Å². The molecule has 1 amide bonds. The van der Waals surface area contributed by atoms with Gasteiger partial charge in [-0.15, -0.1) is 0 Å². The van der Waals surface area contributed by atoms with Crippen LogP contribution in [-0.4, -0.2) is 38.1 Å². The van der Waals surface area contributed by atoms with Crippen LogP contribution < -0.4 is 10.1 Å². The molecule has 0 aliphatic rings. The van der Waals surface area contributed by atoms with Crippen molar-refractivity contribution in [2.45, 2.75) is 0 Å². The molecule has 0 radical (unpaired) electrons. The summed E-state index contributed by atoms with van der Waals surface area (Å²) in [6.45, 7) is 0.373. The monoisotopic (exact) mass is 393 g/mol. The van der Waals surface area contributed by atoms with Gasteiger partial charge < -0.3 is 4.74 Å². The molecule has 1 aromatic carbocycles. The van der Waals surface area contributed by atoms with Crippen LogP contribution in [0.3, 0.4) is 0 Å². The third kappa shape index (κ3) is 3.63. The molecule has 112 valence electrons. The van der Waals surface area contributed by atoms with E-state index in [4.69, 9.17) is 27.9 Å². The van der Waals surface area contributed by atoms with Gasteiger partial charge >= 0.3 is 0 Å². The summed E-state index contributed by atoms with van der Waals surface area (Å²) in [5.74, 6) is 0.00808. The highest BCUT2D eigenvalue weighted by Gasteiger charge is 2.19. The van der Waals surface area contributed by atoms with E-state index < -0.39 is 5.91 Å². The number of nitrogens with zero attached hydrogens (tertiary/aromatic N) is 4. The molecule has 0 saturated carbocycles. The summed E-state index contributed by atoms with van der Waals surface area (Å²) < 4.78 is 6.75. The van der Waals surface area contributed by atoms with Crippen molar-refractivity contribution in [3.8, 4) is 5.75 Å². The zero-order chi connectivity index (χ0) is 15.4. The molecule has 2 rings (SSSR count). The molecule has 10 heteroatoms. The Kier molecular flexibility index (Phi) is 5.38. The lowest BCUT2D eigenvalue weighted by atomic mass is 10.2. The number of benzene rings is 1. The van der Waals surface area contributed by atoms with E-state index in [1.54, 1.807) is 13.1 Å². The van der Waals surface area contributed by atoms with Gasteiger partial charge in [-0.25, -0.2) is 4.68 Å². The minimum atomic E-state index is -0.460. The van der Waals surface area contributed by atoms with Gasteiger partial charge in [0.05, 0.1) is 22.2 Å². The molecule has 1 heterocycles. The van der Waals surface area contributed by atoms with Gasteiger partial charge in [-0.3, -0.25) is 10.1 Å². The fourth-order valence-corrected chi connectivity index (χ4v) is 2.21. The number of nitrogens with one attached hydrogen (secondary N) is 1. The molecule has 21 heavy (non-hydrogen) atoms. The highest BCUT2D eigenvalue weighted by molar-refractivity contribution is 9.09. The zero-order valence-electron chi connectivity index (χ0n) is 10.8. The number of rotatable bonds is 5. The maximum atomic E-state index is 12.2. The average molecular weight is 395 g/mol. The molecule has 1 N–H and O–H groups in total. The fourth-order valence-electron chi connectivity index (χ4n) is 1.49. The third-order valence-corrected chi connectivity index (χ3v) is 3.46. The number of anilines is 1. The summed E-state index contributed by atoms with van der Waals surface area (Å²) >= 11 is 15.4. The zero-order valence-corrected chi connectivity index (χ0v) is 13.9. The second-order valence-corrected chi connectivity index (χ2v) is 5.43. The highest BCUT2D eigenvalue weighted by Crippen LogP contribution is 2.35. The first kappa shape index (κ1) is 16.0. The van der Waals surface area contributed by atoms with Crippen LogP contribution in [0.25, 0.3) is 0 Å². The quantitative estimate of drug-likeness (QED) is 0.788. The Bertz CT molecular complexity index is 664. The van der Waals surface area contributed by atoms with Crippen molar-refractivity contribution in [2.75, 3.05) is 17.3 Å². The number of carbonyl (C=O) groups is 1. The lowest BCUT2D eigenvalue weighted by molar-refractivity contribution is 0.102. The molecule has 0 fully saturated rings. The van der Waals surface area contributed by atoms with Crippen LogP contribution >= 0.6 is 39.1 Å². The van der Waals surface area contributed by atoms with E-state index in [0.717, 1.165) is 0 Å². The minimum Gasteiger partial charge on any atom is -0.490 e. The Labute approximate surface area is 138 Å².